The van der Waals surface area contributed by atoms with Gasteiger partial charge in [-0.05, 0) is 27.7 Å². The van der Waals surface area contributed by atoms with Gasteiger partial charge in [-0.3, -0.25) is 0 Å². The summed E-state index contributed by atoms with van der Waals surface area (Å²) in [6.45, 7) is 7.85. The number of carbonyl (C=O) groups excluding carboxylic acids is 2. The van der Waals surface area contributed by atoms with Crippen LogP contribution in [-0.4, -0.2) is 26.2 Å². The Morgan fingerprint density at radius 2 is 0.767 bits per heavy atom. The molecule has 4 nitrogen and oxygen atoms in total. The lowest BCUT2D eigenvalue weighted by molar-refractivity contribution is -0.135. The first-order valence-electron chi connectivity index (χ1n) is 9.52. The molecule has 0 radical (unpaired) electrons. The van der Waals surface area contributed by atoms with Crippen molar-refractivity contribution < 1.29 is 19.1 Å². The SMILES string of the molecule is COC(=O)C=CC(C)=CC=CC(C)=CC=CC=C(C)C=CC=C(C)C=CC(=O)OC. The van der Waals surface area contributed by atoms with Crippen molar-refractivity contribution in [3.8, 4) is 0 Å². The minimum Gasteiger partial charge on any atom is -0.466 e. The summed E-state index contributed by atoms with van der Waals surface area (Å²) in [5, 5.41) is 0. The second-order valence-corrected chi connectivity index (χ2v) is 6.46. The highest BCUT2D eigenvalue weighted by molar-refractivity contribution is 5.82. The van der Waals surface area contributed by atoms with Crippen LogP contribution in [0.2, 0.25) is 0 Å². The van der Waals surface area contributed by atoms with Crippen LogP contribution in [0, 0.1) is 0 Å². The first-order chi connectivity index (χ1) is 14.3. The van der Waals surface area contributed by atoms with Crippen molar-refractivity contribution in [3.63, 3.8) is 0 Å². The van der Waals surface area contributed by atoms with Crippen molar-refractivity contribution in [3.05, 3.63) is 107 Å². The lowest BCUT2D eigenvalue weighted by atomic mass is 10.2. The number of hydrogen-bond acceptors (Lipinski definition) is 4. The van der Waals surface area contributed by atoms with E-state index in [1.807, 2.05) is 88.5 Å². The van der Waals surface area contributed by atoms with Crippen molar-refractivity contribution >= 4 is 11.9 Å². The first kappa shape index (κ1) is 26.6. The largest absolute Gasteiger partial charge is 0.466 e. The molecule has 0 heterocycles. The molecule has 0 aromatic carbocycles. The van der Waals surface area contributed by atoms with Crippen LogP contribution in [0.15, 0.2) is 107 Å². The van der Waals surface area contributed by atoms with Crippen molar-refractivity contribution in [2.75, 3.05) is 14.2 Å². The van der Waals surface area contributed by atoms with E-state index in [1.165, 1.54) is 26.4 Å². The van der Waals surface area contributed by atoms with Gasteiger partial charge in [-0.1, -0.05) is 95.2 Å². The molecule has 4 heteroatoms. The molecule has 0 aliphatic carbocycles. The predicted molar refractivity (Wildman–Crippen MR) is 125 cm³/mol. The van der Waals surface area contributed by atoms with Gasteiger partial charge in [0.05, 0.1) is 14.2 Å². The summed E-state index contributed by atoms with van der Waals surface area (Å²) >= 11 is 0. The molecule has 0 spiro atoms. The Bertz CT molecular complexity index is 768. The number of carbonyl (C=O) groups is 2. The van der Waals surface area contributed by atoms with Crippen LogP contribution in [0.5, 0.6) is 0 Å². The van der Waals surface area contributed by atoms with Crippen LogP contribution in [0.4, 0.5) is 0 Å². The lowest BCUT2D eigenvalue weighted by Gasteiger charge is -1.92. The molecule has 0 rings (SSSR count). The third-order valence-electron chi connectivity index (χ3n) is 3.63. The van der Waals surface area contributed by atoms with Gasteiger partial charge in [0.1, 0.15) is 0 Å². The van der Waals surface area contributed by atoms with Gasteiger partial charge in [0.2, 0.25) is 0 Å². The Labute approximate surface area is 180 Å². The average Bonchev–Trinajstić information content (AvgIpc) is 2.73. The molecule has 0 aromatic rings. The van der Waals surface area contributed by atoms with Crippen LogP contribution < -0.4 is 0 Å². The number of allylic oxidation sites excluding steroid dienone is 16. The van der Waals surface area contributed by atoms with Gasteiger partial charge < -0.3 is 9.47 Å². The third-order valence-corrected chi connectivity index (χ3v) is 3.63. The molecule has 0 atom stereocenters. The monoisotopic (exact) mass is 408 g/mol. The van der Waals surface area contributed by atoms with E-state index in [1.54, 1.807) is 12.2 Å². The number of esters is 2. The minimum absolute atomic E-state index is 0.368. The van der Waals surface area contributed by atoms with E-state index in [0.29, 0.717) is 0 Å². The van der Waals surface area contributed by atoms with Gasteiger partial charge in [-0.25, -0.2) is 9.59 Å². The highest BCUT2D eigenvalue weighted by Crippen LogP contribution is 2.02. The minimum atomic E-state index is -0.368. The zero-order valence-corrected chi connectivity index (χ0v) is 18.7. The fraction of sp³-hybridized carbons (Fsp3) is 0.231. The Kier molecular flexibility index (Phi) is 14.7. The van der Waals surface area contributed by atoms with Crippen LogP contribution >= 0.6 is 0 Å². The standard InChI is InChI=1S/C26H32O4/c1-21(13-9-15-23(3)17-19-25(27)29-5)11-7-8-12-22(2)14-10-16-24(4)18-20-26(28)30-6/h7-20H,1-6H3. The maximum Gasteiger partial charge on any atom is 0.330 e. The Balaban J connectivity index is 4.68. The van der Waals surface area contributed by atoms with Crippen LogP contribution in [-0.2, 0) is 19.1 Å². The van der Waals surface area contributed by atoms with Crippen molar-refractivity contribution in [1.29, 1.82) is 0 Å². The van der Waals surface area contributed by atoms with Crippen molar-refractivity contribution in [2.24, 2.45) is 0 Å². The molecule has 0 aromatic heterocycles. The number of methoxy groups -OCH3 is 2. The summed E-state index contributed by atoms with van der Waals surface area (Å²) in [6, 6.07) is 0. The van der Waals surface area contributed by atoms with E-state index in [0.717, 1.165) is 22.3 Å². The van der Waals surface area contributed by atoms with Gasteiger partial charge in [0.25, 0.3) is 0 Å². The summed E-state index contributed by atoms with van der Waals surface area (Å²) in [5.41, 5.74) is 4.11. The zero-order chi connectivity index (χ0) is 22.8. The number of rotatable bonds is 10. The number of hydrogen-bond donors (Lipinski definition) is 0. The summed E-state index contributed by atoms with van der Waals surface area (Å²) in [7, 11) is 2.71. The number of ether oxygens (including phenoxy) is 2. The third kappa shape index (κ3) is 15.6. The van der Waals surface area contributed by atoms with Gasteiger partial charge >= 0.3 is 11.9 Å². The fourth-order valence-corrected chi connectivity index (χ4v) is 1.88. The normalized spacial score (nSPS) is 14.7. The van der Waals surface area contributed by atoms with Crippen LogP contribution in [0.25, 0.3) is 0 Å². The van der Waals surface area contributed by atoms with Crippen molar-refractivity contribution in [1.82, 2.24) is 0 Å². The summed E-state index contributed by atoms with van der Waals surface area (Å²) < 4.78 is 9.10. The van der Waals surface area contributed by atoms with Gasteiger partial charge in [-0.2, -0.15) is 0 Å². The van der Waals surface area contributed by atoms with Crippen LogP contribution in [0.3, 0.4) is 0 Å². The molecule has 0 unspecified atom stereocenters. The van der Waals surface area contributed by atoms with E-state index in [9.17, 15) is 9.59 Å². The quantitative estimate of drug-likeness (QED) is 0.257. The molecule has 0 fully saturated rings. The zero-order valence-electron chi connectivity index (χ0n) is 18.7. The average molecular weight is 409 g/mol. The van der Waals surface area contributed by atoms with E-state index in [4.69, 9.17) is 0 Å². The Morgan fingerprint density at radius 1 is 0.467 bits per heavy atom. The highest BCUT2D eigenvalue weighted by Gasteiger charge is 1.90. The second-order valence-electron chi connectivity index (χ2n) is 6.46. The topological polar surface area (TPSA) is 52.6 Å². The Morgan fingerprint density at radius 3 is 1.10 bits per heavy atom. The first-order valence-corrected chi connectivity index (χ1v) is 9.52. The van der Waals surface area contributed by atoms with E-state index >= 15 is 0 Å². The predicted octanol–water partition coefficient (Wildman–Crippen LogP) is 5.90. The molecule has 0 amide bonds. The highest BCUT2D eigenvalue weighted by atomic mass is 16.5. The molecule has 0 aliphatic heterocycles. The summed E-state index contributed by atoms with van der Waals surface area (Å²) in [6.07, 6.45) is 25.9. The smallest absolute Gasteiger partial charge is 0.330 e. The molecule has 160 valence electrons. The fourth-order valence-electron chi connectivity index (χ4n) is 1.88. The summed E-state index contributed by atoms with van der Waals surface area (Å²) in [5.74, 6) is -0.736. The second kappa shape index (κ2) is 16.5. The molecular formula is C26H32O4. The van der Waals surface area contributed by atoms with Gasteiger partial charge in [-0.15, -0.1) is 0 Å². The maximum atomic E-state index is 11.0. The molecule has 0 saturated carbocycles. The molecule has 0 N–H and O–H groups in total. The van der Waals surface area contributed by atoms with E-state index in [-0.39, 0.29) is 11.9 Å². The van der Waals surface area contributed by atoms with Crippen molar-refractivity contribution in [2.45, 2.75) is 27.7 Å². The van der Waals surface area contributed by atoms with Gasteiger partial charge in [0.15, 0.2) is 0 Å². The summed E-state index contributed by atoms with van der Waals surface area (Å²) in [4.78, 5) is 22.1. The van der Waals surface area contributed by atoms with E-state index in [2.05, 4.69) is 9.47 Å². The molecular weight excluding hydrogens is 376 g/mol. The van der Waals surface area contributed by atoms with Gasteiger partial charge in [0, 0.05) is 12.2 Å². The molecule has 0 saturated heterocycles. The molecule has 30 heavy (non-hydrogen) atoms. The Hall–Kier alpha value is -3.40. The molecule has 0 bridgehead atoms. The van der Waals surface area contributed by atoms with Crippen LogP contribution in [0.1, 0.15) is 27.7 Å². The van der Waals surface area contributed by atoms with E-state index < -0.39 is 0 Å². The molecule has 0 aliphatic rings. The lowest BCUT2D eigenvalue weighted by Crippen LogP contribution is -1.93. The maximum absolute atomic E-state index is 11.0.